The third kappa shape index (κ3) is 3.80. The van der Waals surface area contributed by atoms with E-state index in [0.717, 1.165) is 16.5 Å². The summed E-state index contributed by atoms with van der Waals surface area (Å²) in [7, 11) is 0. The number of rotatable bonds is 5. The molecule has 1 amide bonds. The second kappa shape index (κ2) is 6.06. The van der Waals surface area contributed by atoms with Crippen LogP contribution in [0.5, 0.6) is 0 Å². The van der Waals surface area contributed by atoms with E-state index in [0.29, 0.717) is 6.54 Å². The van der Waals surface area contributed by atoms with E-state index in [1.807, 2.05) is 52.0 Å². The van der Waals surface area contributed by atoms with Gasteiger partial charge >= 0.3 is 0 Å². The van der Waals surface area contributed by atoms with Crippen LogP contribution >= 0.6 is 15.9 Å². The van der Waals surface area contributed by atoms with Gasteiger partial charge in [0.25, 0.3) is 0 Å². The van der Waals surface area contributed by atoms with Crippen LogP contribution in [0.2, 0.25) is 0 Å². The van der Waals surface area contributed by atoms with E-state index >= 15 is 0 Å². The summed E-state index contributed by atoms with van der Waals surface area (Å²) >= 11 is 3.41. The van der Waals surface area contributed by atoms with Crippen LogP contribution < -0.4 is 11.1 Å². The van der Waals surface area contributed by atoms with Gasteiger partial charge in [0.1, 0.15) is 0 Å². The molecule has 3 N–H and O–H groups in total. The van der Waals surface area contributed by atoms with Gasteiger partial charge in [-0.15, -0.1) is 0 Å². The Balaban J connectivity index is 2.90. The zero-order valence-electron chi connectivity index (χ0n) is 12.1. The Bertz CT molecular complexity index is 436. The molecule has 0 aliphatic carbocycles. The topological polar surface area (TPSA) is 55.1 Å². The largest absolute Gasteiger partial charge is 0.347 e. The SMILES string of the molecule is CCC(C)(CN)C(=O)NC(C)(C)c1ccc(Br)cc1. The van der Waals surface area contributed by atoms with Gasteiger partial charge in [-0.1, -0.05) is 35.0 Å². The van der Waals surface area contributed by atoms with Gasteiger partial charge in [0.2, 0.25) is 5.91 Å². The number of nitrogens with two attached hydrogens (primary N) is 1. The fraction of sp³-hybridized carbons (Fsp3) is 0.533. The minimum atomic E-state index is -0.507. The summed E-state index contributed by atoms with van der Waals surface area (Å²) in [6, 6.07) is 7.97. The number of carbonyl (C=O) groups excluding carboxylic acids is 1. The Labute approximate surface area is 124 Å². The Kier molecular flexibility index (Phi) is 5.16. The van der Waals surface area contributed by atoms with Crippen molar-refractivity contribution in [3.8, 4) is 0 Å². The normalized spacial score (nSPS) is 14.8. The maximum absolute atomic E-state index is 12.4. The summed E-state index contributed by atoms with van der Waals surface area (Å²) in [5, 5.41) is 3.10. The van der Waals surface area contributed by atoms with Crippen LogP contribution in [0.25, 0.3) is 0 Å². The van der Waals surface area contributed by atoms with Crippen molar-refractivity contribution in [2.75, 3.05) is 6.54 Å². The standard InChI is InChI=1S/C15H23BrN2O/c1-5-15(4,10-17)13(19)18-14(2,3)11-6-8-12(16)9-7-11/h6-9H,5,10,17H2,1-4H3,(H,18,19). The van der Waals surface area contributed by atoms with Gasteiger partial charge in [0.15, 0.2) is 0 Å². The Morgan fingerprint density at radius 1 is 1.26 bits per heavy atom. The highest BCUT2D eigenvalue weighted by molar-refractivity contribution is 9.10. The summed E-state index contributed by atoms with van der Waals surface area (Å²) in [4.78, 5) is 12.4. The molecule has 0 aliphatic heterocycles. The van der Waals surface area contributed by atoms with Crippen molar-refractivity contribution in [1.29, 1.82) is 0 Å². The second-order valence-corrected chi connectivity index (χ2v) is 6.62. The summed E-state index contributed by atoms with van der Waals surface area (Å²) < 4.78 is 1.03. The zero-order valence-corrected chi connectivity index (χ0v) is 13.7. The number of benzene rings is 1. The van der Waals surface area contributed by atoms with Crippen molar-refractivity contribution in [3.63, 3.8) is 0 Å². The number of halogens is 1. The molecule has 0 spiro atoms. The molecular formula is C15H23BrN2O. The molecule has 0 bridgehead atoms. The molecule has 1 atom stereocenters. The van der Waals surface area contributed by atoms with Crippen LogP contribution in [0.3, 0.4) is 0 Å². The molecule has 0 heterocycles. The summed E-state index contributed by atoms with van der Waals surface area (Å²) in [5.74, 6) is 0.00502. The third-order valence-corrected chi connectivity index (χ3v) is 4.30. The molecular weight excluding hydrogens is 304 g/mol. The first kappa shape index (κ1) is 16.2. The third-order valence-electron chi connectivity index (χ3n) is 3.77. The molecule has 0 aromatic heterocycles. The quantitative estimate of drug-likeness (QED) is 0.873. The molecule has 1 rings (SSSR count). The molecule has 0 radical (unpaired) electrons. The maximum atomic E-state index is 12.4. The van der Waals surface area contributed by atoms with Crippen LogP contribution in [-0.2, 0) is 10.3 Å². The van der Waals surface area contributed by atoms with Crippen LogP contribution in [0.15, 0.2) is 28.7 Å². The van der Waals surface area contributed by atoms with Gasteiger partial charge < -0.3 is 11.1 Å². The highest BCUT2D eigenvalue weighted by Crippen LogP contribution is 2.26. The lowest BCUT2D eigenvalue weighted by Gasteiger charge is -2.33. The van der Waals surface area contributed by atoms with E-state index in [9.17, 15) is 4.79 Å². The monoisotopic (exact) mass is 326 g/mol. The molecule has 0 fully saturated rings. The molecule has 1 aromatic carbocycles. The molecule has 0 aliphatic rings. The number of hydrogen-bond acceptors (Lipinski definition) is 2. The summed E-state index contributed by atoms with van der Waals surface area (Å²) in [5.41, 5.74) is 5.88. The lowest BCUT2D eigenvalue weighted by Crippen LogP contribution is -2.50. The predicted octanol–water partition coefficient (Wildman–Crippen LogP) is 3.18. The van der Waals surface area contributed by atoms with Crippen molar-refractivity contribution in [2.45, 2.75) is 39.7 Å². The lowest BCUT2D eigenvalue weighted by atomic mass is 9.84. The van der Waals surface area contributed by atoms with Crippen molar-refractivity contribution in [2.24, 2.45) is 11.1 Å². The van der Waals surface area contributed by atoms with Crippen LogP contribution in [-0.4, -0.2) is 12.5 Å². The highest BCUT2D eigenvalue weighted by atomic mass is 79.9. The Hall–Kier alpha value is -0.870. The molecule has 19 heavy (non-hydrogen) atoms. The van der Waals surface area contributed by atoms with Gasteiger partial charge in [-0.25, -0.2) is 0 Å². The van der Waals surface area contributed by atoms with Gasteiger partial charge in [0, 0.05) is 11.0 Å². The molecule has 1 unspecified atom stereocenters. The first-order chi connectivity index (χ1) is 8.75. The number of nitrogens with one attached hydrogen (secondary N) is 1. The number of amides is 1. The fourth-order valence-corrected chi connectivity index (χ4v) is 2.04. The zero-order chi connectivity index (χ0) is 14.7. The van der Waals surface area contributed by atoms with Crippen molar-refractivity contribution in [1.82, 2.24) is 5.32 Å². The van der Waals surface area contributed by atoms with Gasteiger partial charge in [0.05, 0.1) is 11.0 Å². The lowest BCUT2D eigenvalue weighted by molar-refractivity contribution is -0.131. The average molecular weight is 327 g/mol. The molecule has 106 valence electrons. The Morgan fingerprint density at radius 2 is 1.79 bits per heavy atom. The first-order valence-corrected chi connectivity index (χ1v) is 7.33. The van der Waals surface area contributed by atoms with Gasteiger partial charge in [-0.05, 0) is 44.9 Å². The second-order valence-electron chi connectivity index (χ2n) is 5.70. The summed E-state index contributed by atoms with van der Waals surface area (Å²) in [6.07, 6.45) is 0.728. The smallest absolute Gasteiger partial charge is 0.227 e. The van der Waals surface area contributed by atoms with Gasteiger partial charge in [-0.2, -0.15) is 0 Å². The van der Waals surface area contributed by atoms with E-state index in [4.69, 9.17) is 5.73 Å². The molecule has 0 saturated heterocycles. The van der Waals surface area contributed by atoms with Crippen LogP contribution in [0.1, 0.15) is 39.7 Å². The Morgan fingerprint density at radius 3 is 2.21 bits per heavy atom. The minimum absolute atomic E-state index is 0.00502. The van der Waals surface area contributed by atoms with E-state index in [2.05, 4.69) is 21.2 Å². The molecule has 1 aromatic rings. The van der Waals surface area contributed by atoms with Crippen LogP contribution in [0, 0.1) is 5.41 Å². The number of hydrogen-bond donors (Lipinski definition) is 2. The molecule has 3 nitrogen and oxygen atoms in total. The maximum Gasteiger partial charge on any atom is 0.227 e. The summed E-state index contributed by atoms with van der Waals surface area (Å²) in [6.45, 7) is 8.24. The average Bonchev–Trinajstić information content (AvgIpc) is 2.37. The number of carbonyl (C=O) groups is 1. The van der Waals surface area contributed by atoms with E-state index in [1.54, 1.807) is 0 Å². The molecule has 0 saturated carbocycles. The van der Waals surface area contributed by atoms with Gasteiger partial charge in [-0.3, -0.25) is 4.79 Å². The van der Waals surface area contributed by atoms with E-state index in [1.165, 1.54) is 0 Å². The van der Waals surface area contributed by atoms with E-state index < -0.39 is 11.0 Å². The van der Waals surface area contributed by atoms with Crippen molar-refractivity contribution in [3.05, 3.63) is 34.3 Å². The fourth-order valence-electron chi connectivity index (χ4n) is 1.77. The predicted molar refractivity (Wildman–Crippen MR) is 82.8 cm³/mol. The highest BCUT2D eigenvalue weighted by Gasteiger charge is 2.34. The molecule has 4 heteroatoms. The van der Waals surface area contributed by atoms with Crippen molar-refractivity contribution < 1.29 is 4.79 Å². The first-order valence-electron chi connectivity index (χ1n) is 6.54. The van der Waals surface area contributed by atoms with Crippen LogP contribution in [0.4, 0.5) is 0 Å². The van der Waals surface area contributed by atoms with E-state index in [-0.39, 0.29) is 5.91 Å². The minimum Gasteiger partial charge on any atom is -0.347 e. The van der Waals surface area contributed by atoms with Crippen molar-refractivity contribution >= 4 is 21.8 Å².